The average molecular weight is 330 g/mol. The highest BCUT2D eigenvalue weighted by Gasteiger charge is 2.24. The maximum Gasteiger partial charge on any atom is 0.264 e. The number of nitrogens with zero attached hydrogens (tertiary/aromatic N) is 3. The van der Waals surface area contributed by atoms with Gasteiger partial charge in [-0.1, -0.05) is 0 Å². The number of anilines is 1. The van der Waals surface area contributed by atoms with Crippen molar-refractivity contribution in [3.63, 3.8) is 0 Å². The predicted molar refractivity (Wildman–Crippen MR) is 89.9 cm³/mol. The first-order chi connectivity index (χ1) is 11.1. The van der Waals surface area contributed by atoms with E-state index in [2.05, 4.69) is 9.88 Å². The van der Waals surface area contributed by atoms with Gasteiger partial charge in [-0.3, -0.25) is 14.6 Å². The molecule has 2 N–H and O–H groups in total. The minimum atomic E-state index is -0.485. The van der Waals surface area contributed by atoms with E-state index in [4.69, 9.17) is 5.73 Å². The van der Waals surface area contributed by atoms with E-state index < -0.39 is 5.91 Å². The zero-order valence-electron chi connectivity index (χ0n) is 12.9. The number of piperazine rings is 1. The van der Waals surface area contributed by atoms with E-state index in [1.165, 1.54) is 17.5 Å². The maximum atomic E-state index is 12.5. The molecular formula is C16H18N4O2S. The van der Waals surface area contributed by atoms with Crippen LogP contribution in [0.3, 0.4) is 0 Å². The van der Waals surface area contributed by atoms with Gasteiger partial charge in [0.05, 0.1) is 16.1 Å². The zero-order valence-corrected chi connectivity index (χ0v) is 13.7. The molecule has 0 atom stereocenters. The Kier molecular flexibility index (Phi) is 4.29. The molecule has 0 bridgehead atoms. The second-order valence-corrected chi connectivity index (χ2v) is 6.73. The molecule has 1 saturated heterocycles. The molecule has 0 spiro atoms. The molecule has 6 nitrogen and oxygen atoms in total. The Morgan fingerprint density at radius 1 is 1.17 bits per heavy atom. The highest BCUT2D eigenvalue weighted by molar-refractivity contribution is 7.13. The standard InChI is InChI=1S/C16H18N4O2S/c1-11-2-3-14(23-11)16(22)20-8-6-19(7-9-20)13-4-5-18-10-12(13)15(17)21/h2-5,10H,6-9H2,1H3,(H2,17,21). The van der Waals surface area contributed by atoms with Crippen molar-refractivity contribution in [2.24, 2.45) is 5.73 Å². The van der Waals surface area contributed by atoms with Gasteiger partial charge < -0.3 is 15.5 Å². The Balaban J connectivity index is 1.69. The molecule has 1 aliphatic rings. The number of amides is 2. The molecule has 0 aromatic carbocycles. The lowest BCUT2D eigenvalue weighted by molar-refractivity contribution is 0.0751. The van der Waals surface area contributed by atoms with E-state index in [1.807, 2.05) is 24.0 Å². The smallest absolute Gasteiger partial charge is 0.264 e. The van der Waals surface area contributed by atoms with Crippen LogP contribution >= 0.6 is 11.3 Å². The highest BCUT2D eigenvalue weighted by atomic mass is 32.1. The number of carbonyl (C=O) groups is 2. The van der Waals surface area contributed by atoms with Crippen molar-refractivity contribution < 1.29 is 9.59 Å². The Morgan fingerprint density at radius 2 is 1.91 bits per heavy atom. The predicted octanol–water partition coefficient (Wildman–Crippen LogP) is 1.51. The number of hydrogen-bond donors (Lipinski definition) is 1. The summed E-state index contributed by atoms with van der Waals surface area (Å²) >= 11 is 1.52. The molecule has 2 aromatic heterocycles. The molecule has 2 amide bonds. The largest absolute Gasteiger partial charge is 0.367 e. The molecular weight excluding hydrogens is 312 g/mol. The lowest BCUT2D eigenvalue weighted by Crippen LogP contribution is -2.49. The summed E-state index contributed by atoms with van der Waals surface area (Å²) in [4.78, 5) is 33.8. The number of primary amides is 1. The number of aryl methyl sites for hydroxylation is 1. The molecule has 0 radical (unpaired) electrons. The summed E-state index contributed by atoms with van der Waals surface area (Å²) in [5.74, 6) is -0.409. The Morgan fingerprint density at radius 3 is 2.52 bits per heavy atom. The number of nitrogens with two attached hydrogens (primary N) is 1. The third-order valence-corrected chi connectivity index (χ3v) is 4.91. The summed E-state index contributed by atoms with van der Waals surface area (Å²) in [7, 11) is 0. The van der Waals surface area contributed by atoms with Gasteiger partial charge in [-0.15, -0.1) is 11.3 Å². The van der Waals surface area contributed by atoms with E-state index >= 15 is 0 Å². The quantitative estimate of drug-likeness (QED) is 0.925. The zero-order chi connectivity index (χ0) is 16.4. The van der Waals surface area contributed by atoms with Gasteiger partial charge in [0.25, 0.3) is 11.8 Å². The second kappa shape index (κ2) is 6.37. The fraction of sp³-hybridized carbons (Fsp3) is 0.312. The fourth-order valence-corrected chi connectivity index (χ4v) is 3.54. The van der Waals surface area contributed by atoms with Crippen molar-refractivity contribution in [3.8, 4) is 0 Å². The third-order valence-electron chi connectivity index (χ3n) is 3.92. The van der Waals surface area contributed by atoms with Crippen molar-refractivity contribution in [2.75, 3.05) is 31.1 Å². The van der Waals surface area contributed by atoms with Crippen molar-refractivity contribution in [2.45, 2.75) is 6.92 Å². The summed E-state index contributed by atoms with van der Waals surface area (Å²) in [5, 5.41) is 0. The number of thiophene rings is 1. The van der Waals surface area contributed by atoms with E-state index in [-0.39, 0.29) is 5.91 Å². The van der Waals surface area contributed by atoms with Gasteiger partial charge in [-0.05, 0) is 25.1 Å². The van der Waals surface area contributed by atoms with Gasteiger partial charge in [0.2, 0.25) is 0 Å². The highest BCUT2D eigenvalue weighted by Crippen LogP contribution is 2.22. The van der Waals surface area contributed by atoms with Crippen LogP contribution < -0.4 is 10.6 Å². The Labute approximate surface area is 138 Å². The van der Waals surface area contributed by atoms with E-state index in [9.17, 15) is 9.59 Å². The number of aromatic nitrogens is 1. The van der Waals surface area contributed by atoms with Gasteiger partial charge in [0, 0.05) is 43.4 Å². The van der Waals surface area contributed by atoms with Crippen molar-refractivity contribution in [3.05, 3.63) is 45.9 Å². The van der Waals surface area contributed by atoms with Crippen molar-refractivity contribution >= 4 is 28.8 Å². The fourth-order valence-electron chi connectivity index (χ4n) is 2.71. The first-order valence-corrected chi connectivity index (χ1v) is 8.22. The first-order valence-electron chi connectivity index (χ1n) is 7.41. The van der Waals surface area contributed by atoms with Crippen molar-refractivity contribution in [1.82, 2.24) is 9.88 Å². The molecule has 3 rings (SSSR count). The van der Waals surface area contributed by atoms with Gasteiger partial charge in [-0.25, -0.2) is 0 Å². The summed E-state index contributed by atoms with van der Waals surface area (Å²) in [6, 6.07) is 5.63. The van der Waals surface area contributed by atoms with Crippen LogP contribution in [-0.4, -0.2) is 47.9 Å². The van der Waals surface area contributed by atoms with E-state index in [0.717, 1.165) is 15.4 Å². The normalized spacial score (nSPS) is 14.8. The average Bonchev–Trinajstić information content (AvgIpc) is 3.01. The number of rotatable bonds is 3. The number of carbonyl (C=O) groups excluding carboxylic acids is 2. The molecule has 120 valence electrons. The molecule has 1 aliphatic heterocycles. The number of pyridine rings is 1. The van der Waals surface area contributed by atoms with Crippen LogP contribution in [0.1, 0.15) is 24.9 Å². The van der Waals surface area contributed by atoms with Crippen LogP contribution in [0.4, 0.5) is 5.69 Å². The van der Waals surface area contributed by atoms with Crippen LogP contribution in [0.25, 0.3) is 0 Å². The summed E-state index contributed by atoms with van der Waals surface area (Å²) < 4.78 is 0. The summed E-state index contributed by atoms with van der Waals surface area (Å²) in [5.41, 5.74) is 6.61. The summed E-state index contributed by atoms with van der Waals surface area (Å²) in [6.45, 7) is 4.57. The van der Waals surface area contributed by atoms with Gasteiger partial charge in [0.1, 0.15) is 0 Å². The van der Waals surface area contributed by atoms with Crippen LogP contribution in [0.2, 0.25) is 0 Å². The monoisotopic (exact) mass is 330 g/mol. The minimum Gasteiger partial charge on any atom is -0.367 e. The van der Waals surface area contributed by atoms with Crippen LogP contribution in [-0.2, 0) is 0 Å². The molecule has 0 aliphatic carbocycles. The Bertz CT molecular complexity index is 735. The maximum absolute atomic E-state index is 12.5. The molecule has 3 heterocycles. The molecule has 2 aromatic rings. The second-order valence-electron chi connectivity index (χ2n) is 5.45. The van der Waals surface area contributed by atoms with Gasteiger partial charge in [-0.2, -0.15) is 0 Å². The third kappa shape index (κ3) is 3.19. The lowest BCUT2D eigenvalue weighted by Gasteiger charge is -2.36. The van der Waals surface area contributed by atoms with Crippen molar-refractivity contribution in [1.29, 1.82) is 0 Å². The molecule has 1 fully saturated rings. The lowest BCUT2D eigenvalue weighted by atomic mass is 10.1. The van der Waals surface area contributed by atoms with E-state index in [1.54, 1.807) is 12.3 Å². The topological polar surface area (TPSA) is 79.5 Å². The van der Waals surface area contributed by atoms with Crippen LogP contribution in [0, 0.1) is 6.92 Å². The minimum absolute atomic E-state index is 0.0765. The van der Waals surface area contributed by atoms with Crippen LogP contribution in [0.5, 0.6) is 0 Å². The first kappa shape index (κ1) is 15.5. The Hall–Kier alpha value is -2.41. The summed E-state index contributed by atoms with van der Waals surface area (Å²) in [6.07, 6.45) is 3.14. The molecule has 0 unspecified atom stereocenters. The molecule has 0 saturated carbocycles. The van der Waals surface area contributed by atoms with Crippen LogP contribution in [0.15, 0.2) is 30.6 Å². The molecule has 23 heavy (non-hydrogen) atoms. The molecule has 7 heteroatoms. The van der Waals surface area contributed by atoms with Gasteiger partial charge in [0.15, 0.2) is 0 Å². The number of hydrogen-bond acceptors (Lipinski definition) is 5. The van der Waals surface area contributed by atoms with Gasteiger partial charge >= 0.3 is 0 Å². The van der Waals surface area contributed by atoms with E-state index in [0.29, 0.717) is 31.7 Å². The SMILES string of the molecule is Cc1ccc(C(=O)N2CCN(c3ccncc3C(N)=O)CC2)s1.